The molecule has 1 unspecified atom stereocenters. The number of hydrogen-bond acceptors (Lipinski definition) is 3. The van der Waals surface area contributed by atoms with Crippen LogP contribution in [0.2, 0.25) is 0 Å². The molecule has 0 fully saturated rings. The van der Waals surface area contributed by atoms with Gasteiger partial charge in [0.15, 0.2) is 0 Å². The van der Waals surface area contributed by atoms with Crippen molar-refractivity contribution in [3.8, 4) is 5.75 Å². The van der Waals surface area contributed by atoms with Crippen molar-refractivity contribution in [1.29, 1.82) is 0 Å². The van der Waals surface area contributed by atoms with E-state index in [4.69, 9.17) is 9.84 Å². The largest absolute Gasteiger partial charge is 0.493 e. The molecule has 0 saturated heterocycles. The Morgan fingerprint density at radius 3 is 2.89 bits per heavy atom. The van der Waals surface area contributed by atoms with Gasteiger partial charge < -0.3 is 15.2 Å². The summed E-state index contributed by atoms with van der Waals surface area (Å²) in [6.45, 7) is 6.03. The van der Waals surface area contributed by atoms with E-state index < -0.39 is 0 Å². The van der Waals surface area contributed by atoms with Gasteiger partial charge in [0, 0.05) is 29.2 Å². The average Bonchev–Trinajstić information content (AvgIpc) is 2.41. The number of aliphatic hydroxyl groups excluding tert-OH is 1. The molecule has 1 aromatic rings. The molecule has 0 aromatic heterocycles. The zero-order chi connectivity index (χ0) is 14.1. The van der Waals surface area contributed by atoms with Crippen molar-refractivity contribution < 1.29 is 9.84 Å². The summed E-state index contributed by atoms with van der Waals surface area (Å²) >= 11 is 3.50. The van der Waals surface area contributed by atoms with Gasteiger partial charge in [0.2, 0.25) is 0 Å². The van der Waals surface area contributed by atoms with Gasteiger partial charge >= 0.3 is 0 Å². The summed E-state index contributed by atoms with van der Waals surface area (Å²) in [5.74, 6) is 0.951. The van der Waals surface area contributed by atoms with E-state index in [2.05, 4.69) is 41.2 Å². The van der Waals surface area contributed by atoms with Crippen LogP contribution in [-0.2, 0) is 6.54 Å². The predicted molar refractivity (Wildman–Crippen MR) is 82.5 cm³/mol. The summed E-state index contributed by atoms with van der Waals surface area (Å²) in [4.78, 5) is 0. The Kier molecular flexibility index (Phi) is 8.10. The van der Waals surface area contributed by atoms with E-state index in [9.17, 15) is 0 Å². The van der Waals surface area contributed by atoms with Crippen LogP contribution in [0.5, 0.6) is 5.75 Å². The number of halogens is 1. The second kappa shape index (κ2) is 9.34. The van der Waals surface area contributed by atoms with Crippen LogP contribution in [-0.4, -0.2) is 24.4 Å². The average molecular weight is 330 g/mol. The number of hydrogen-bond donors (Lipinski definition) is 2. The topological polar surface area (TPSA) is 41.5 Å². The third kappa shape index (κ3) is 6.41. The Balaban J connectivity index is 2.57. The van der Waals surface area contributed by atoms with Crippen molar-refractivity contribution in [1.82, 2.24) is 5.32 Å². The minimum absolute atomic E-state index is 0.258. The third-order valence-corrected chi connectivity index (χ3v) is 3.41. The maximum absolute atomic E-state index is 8.82. The molecule has 0 saturated carbocycles. The zero-order valence-electron chi connectivity index (χ0n) is 11.8. The number of aliphatic hydroxyl groups is 1. The summed E-state index contributed by atoms with van der Waals surface area (Å²) in [5, 5.41) is 12.3. The van der Waals surface area contributed by atoms with Crippen molar-refractivity contribution in [3.05, 3.63) is 28.2 Å². The van der Waals surface area contributed by atoms with Gasteiger partial charge in [0.05, 0.1) is 6.61 Å². The summed E-state index contributed by atoms with van der Waals surface area (Å²) < 4.78 is 6.82. The number of rotatable bonds is 9. The van der Waals surface area contributed by atoms with E-state index in [1.807, 2.05) is 12.1 Å². The molecule has 0 spiro atoms. The number of benzene rings is 1. The van der Waals surface area contributed by atoms with Crippen LogP contribution in [0.15, 0.2) is 22.7 Å². The molecule has 4 heteroatoms. The van der Waals surface area contributed by atoms with Crippen LogP contribution in [0.4, 0.5) is 0 Å². The molecule has 0 aliphatic rings. The van der Waals surface area contributed by atoms with E-state index in [1.165, 1.54) is 5.56 Å². The fourth-order valence-corrected chi connectivity index (χ4v) is 2.23. The van der Waals surface area contributed by atoms with Crippen LogP contribution in [0.25, 0.3) is 0 Å². The van der Waals surface area contributed by atoms with Gasteiger partial charge in [-0.3, -0.25) is 0 Å². The molecule has 0 heterocycles. The highest BCUT2D eigenvalue weighted by Gasteiger charge is 2.07. The molecule has 2 N–H and O–H groups in total. The van der Waals surface area contributed by atoms with Crippen molar-refractivity contribution in [3.63, 3.8) is 0 Å². The molecule has 0 amide bonds. The Morgan fingerprint density at radius 1 is 1.42 bits per heavy atom. The Labute approximate surface area is 124 Å². The van der Waals surface area contributed by atoms with Crippen molar-refractivity contribution in [2.24, 2.45) is 0 Å². The van der Waals surface area contributed by atoms with E-state index in [1.54, 1.807) is 0 Å². The van der Waals surface area contributed by atoms with Gasteiger partial charge in [-0.15, -0.1) is 0 Å². The molecule has 0 aliphatic heterocycles. The molecule has 0 radical (unpaired) electrons. The quantitative estimate of drug-likeness (QED) is 0.728. The van der Waals surface area contributed by atoms with Crippen molar-refractivity contribution in [2.75, 3.05) is 13.2 Å². The van der Waals surface area contributed by atoms with Gasteiger partial charge in [-0.2, -0.15) is 0 Å². The van der Waals surface area contributed by atoms with E-state index in [-0.39, 0.29) is 6.61 Å². The van der Waals surface area contributed by atoms with Crippen LogP contribution >= 0.6 is 15.9 Å². The standard InChI is InChI=1S/C15H24BrNO2/c1-3-9-19-15-7-6-14(16)10-13(15)11-17-12(2)5-4-8-18/h6-7,10,12,17-18H,3-5,8-9,11H2,1-2H3. The van der Waals surface area contributed by atoms with E-state index >= 15 is 0 Å². The number of ether oxygens (including phenoxy) is 1. The van der Waals surface area contributed by atoms with Crippen LogP contribution in [0, 0.1) is 0 Å². The minimum Gasteiger partial charge on any atom is -0.493 e. The lowest BCUT2D eigenvalue weighted by Crippen LogP contribution is -2.25. The first-order valence-corrected chi connectivity index (χ1v) is 7.72. The van der Waals surface area contributed by atoms with Crippen molar-refractivity contribution >= 4 is 15.9 Å². The maximum Gasteiger partial charge on any atom is 0.123 e. The smallest absolute Gasteiger partial charge is 0.123 e. The number of nitrogens with one attached hydrogen (secondary N) is 1. The molecular weight excluding hydrogens is 306 g/mol. The highest BCUT2D eigenvalue weighted by atomic mass is 79.9. The second-order valence-corrected chi connectivity index (χ2v) is 5.66. The molecule has 0 aliphatic carbocycles. The maximum atomic E-state index is 8.82. The molecule has 3 nitrogen and oxygen atoms in total. The second-order valence-electron chi connectivity index (χ2n) is 4.75. The highest BCUT2D eigenvalue weighted by Crippen LogP contribution is 2.23. The third-order valence-electron chi connectivity index (χ3n) is 2.92. The fraction of sp³-hybridized carbons (Fsp3) is 0.600. The normalized spacial score (nSPS) is 12.4. The van der Waals surface area contributed by atoms with Gasteiger partial charge in [0.1, 0.15) is 5.75 Å². The predicted octanol–water partition coefficient (Wildman–Crippen LogP) is 3.49. The lowest BCUT2D eigenvalue weighted by molar-refractivity contribution is 0.276. The van der Waals surface area contributed by atoms with Gasteiger partial charge in [-0.1, -0.05) is 22.9 Å². The first-order chi connectivity index (χ1) is 9.17. The summed E-state index contributed by atoms with van der Waals surface area (Å²) in [6.07, 6.45) is 2.83. The van der Waals surface area contributed by atoms with Crippen LogP contribution in [0.3, 0.4) is 0 Å². The highest BCUT2D eigenvalue weighted by molar-refractivity contribution is 9.10. The lowest BCUT2D eigenvalue weighted by Gasteiger charge is -2.16. The van der Waals surface area contributed by atoms with Gasteiger partial charge in [-0.25, -0.2) is 0 Å². The van der Waals surface area contributed by atoms with E-state index in [0.29, 0.717) is 6.04 Å². The Bertz CT molecular complexity index is 371. The summed E-state index contributed by atoms with van der Waals surface area (Å²) in [5.41, 5.74) is 1.17. The zero-order valence-corrected chi connectivity index (χ0v) is 13.4. The van der Waals surface area contributed by atoms with Crippen LogP contribution in [0.1, 0.15) is 38.7 Å². The SMILES string of the molecule is CCCOc1ccc(Br)cc1CNC(C)CCCO. The lowest BCUT2D eigenvalue weighted by atomic mass is 10.1. The molecule has 1 rings (SSSR count). The molecule has 1 aromatic carbocycles. The fourth-order valence-electron chi connectivity index (χ4n) is 1.82. The summed E-state index contributed by atoms with van der Waals surface area (Å²) in [6, 6.07) is 6.50. The van der Waals surface area contributed by atoms with Gasteiger partial charge in [0.25, 0.3) is 0 Å². The molecular formula is C15H24BrNO2. The first-order valence-electron chi connectivity index (χ1n) is 6.92. The Hall–Kier alpha value is -0.580. The minimum atomic E-state index is 0.258. The van der Waals surface area contributed by atoms with E-state index in [0.717, 1.165) is 42.6 Å². The first kappa shape index (κ1) is 16.5. The molecule has 0 bridgehead atoms. The summed E-state index contributed by atoms with van der Waals surface area (Å²) in [7, 11) is 0. The molecule has 1 atom stereocenters. The molecule has 19 heavy (non-hydrogen) atoms. The molecule has 108 valence electrons. The van der Waals surface area contributed by atoms with Crippen LogP contribution < -0.4 is 10.1 Å². The van der Waals surface area contributed by atoms with Crippen molar-refractivity contribution in [2.45, 2.75) is 45.7 Å². The Morgan fingerprint density at radius 2 is 2.21 bits per heavy atom. The van der Waals surface area contributed by atoms with Gasteiger partial charge in [-0.05, 0) is 44.4 Å². The monoisotopic (exact) mass is 329 g/mol.